The minimum Gasteiger partial charge on any atom is -0.478 e. The Hall–Kier alpha value is -2.37. The number of carboxylic acids is 1. The Bertz CT molecular complexity index is 623. The summed E-state index contributed by atoms with van der Waals surface area (Å²) in [6.07, 6.45) is -2.21. The normalized spacial score (nSPS) is 11.3. The van der Waals surface area contributed by atoms with Gasteiger partial charge in [-0.1, -0.05) is 18.2 Å². The summed E-state index contributed by atoms with van der Waals surface area (Å²) >= 11 is 0. The lowest BCUT2D eigenvalue weighted by Crippen LogP contribution is -2.07. The molecule has 0 aliphatic heterocycles. The molecular formula is C13H8F3NO2. The van der Waals surface area contributed by atoms with Crippen LogP contribution in [-0.2, 0) is 6.18 Å². The summed E-state index contributed by atoms with van der Waals surface area (Å²) in [6.45, 7) is 0. The highest BCUT2D eigenvalue weighted by molar-refractivity contribution is 5.89. The molecule has 1 heterocycles. The van der Waals surface area contributed by atoms with E-state index < -0.39 is 17.7 Å². The van der Waals surface area contributed by atoms with Gasteiger partial charge in [0.2, 0.25) is 0 Å². The van der Waals surface area contributed by atoms with Gasteiger partial charge in [0.05, 0.1) is 11.1 Å². The van der Waals surface area contributed by atoms with Crippen LogP contribution in [0.5, 0.6) is 0 Å². The number of aromatic nitrogens is 1. The van der Waals surface area contributed by atoms with Crippen LogP contribution in [0.1, 0.15) is 15.9 Å². The molecule has 0 saturated carbocycles. The van der Waals surface area contributed by atoms with E-state index >= 15 is 0 Å². The van der Waals surface area contributed by atoms with Crippen molar-refractivity contribution in [2.45, 2.75) is 6.18 Å². The maximum atomic E-state index is 12.9. The van der Waals surface area contributed by atoms with E-state index in [0.29, 0.717) is 0 Å². The monoisotopic (exact) mass is 267 g/mol. The number of hydrogen-bond acceptors (Lipinski definition) is 2. The number of carbonyl (C=O) groups is 1. The third-order valence-electron chi connectivity index (χ3n) is 2.53. The molecule has 0 saturated heterocycles. The number of benzene rings is 1. The molecule has 0 atom stereocenters. The van der Waals surface area contributed by atoms with Gasteiger partial charge in [-0.25, -0.2) is 4.79 Å². The van der Waals surface area contributed by atoms with Crippen LogP contribution in [0, 0.1) is 0 Å². The molecule has 1 aromatic carbocycles. The molecule has 0 radical (unpaired) electrons. The summed E-state index contributed by atoms with van der Waals surface area (Å²) in [4.78, 5) is 14.5. The van der Waals surface area contributed by atoms with Crippen LogP contribution in [0.3, 0.4) is 0 Å². The fourth-order valence-electron chi connectivity index (χ4n) is 1.69. The average molecular weight is 267 g/mol. The lowest BCUT2D eigenvalue weighted by Gasteiger charge is -2.12. The Morgan fingerprint density at radius 1 is 1.16 bits per heavy atom. The van der Waals surface area contributed by atoms with Crippen molar-refractivity contribution in [1.82, 2.24) is 4.98 Å². The largest absolute Gasteiger partial charge is 0.478 e. The van der Waals surface area contributed by atoms with Crippen LogP contribution in [0.15, 0.2) is 42.7 Å². The van der Waals surface area contributed by atoms with Crippen molar-refractivity contribution in [3.63, 3.8) is 0 Å². The molecule has 6 heteroatoms. The summed E-state index contributed by atoms with van der Waals surface area (Å²) in [5, 5.41) is 8.82. The second-order valence-electron chi connectivity index (χ2n) is 3.81. The molecule has 3 nitrogen and oxygen atoms in total. The molecule has 0 fully saturated rings. The Labute approximate surface area is 106 Å². The smallest absolute Gasteiger partial charge is 0.417 e. The van der Waals surface area contributed by atoms with Crippen molar-refractivity contribution >= 4 is 5.97 Å². The molecule has 98 valence electrons. The van der Waals surface area contributed by atoms with Gasteiger partial charge in [-0.05, 0) is 17.7 Å². The van der Waals surface area contributed by atoms with Gasteiger partial charge in [-0.3, -0.25) is 4.98 Å². The lowest BCUT2D eigenvalue weighted by molar-refractivity contribution is -0.137. The second kappa shape index (κ2) is 4.72. The van der Waals surface area contributed by atoms with Gasteiger partial charge in [-0.15, -0.1) is 0 Å². The van der Waals surface area contributed by atoms with Gasteiger partial charge in [0.25, 0.3) is 0 Å². The van der Waals surface area contributed by atoms with Crippen molar-refractivity contribution in [2.75, 3.05) is 0 Å². The van der Waals surface area contributed by atoms with Gasteiger partial charge < -0.3 is 5.11 Å². The van der Waals surface area contributed by atoms with Gasteiger partial charge in [-0.2, -0.15) is 13.2 Å². The van der Waals surface area contributed by atoms with E-state index in [0.717, 1.165) is 12.3 Å². The van der Waals surface area contributed by atoms with Crippen molar-refractivity contribution in [3.05, 3.63) is 53.9 Å². The Balaban J connectivity index is 2.60. The van der Waals surface area contributed by atoms with Crippen LogP contribution >= 0.6 is 0 Å². The summed E-state index contributed by atoms with van der Waals surface area (Å²) in [5.74, 6) is -1.24. The fourth-order valence-corrected chi connectivity index (χ4v) is 1.69. The zero-order valence-corrected chi connectivity index (χ0v) is 9.48. The van der Waals surface area contributed by atoms with E-state index in [1.807, 2.05) is 0 Å². The first kappa shape index (κ1) is 13.1. The number of rotatable bonds is 2. The topological polar surface area (TPSA) is 50.2 Å². The lowest BCUT2D eigenvalue weighted by atomic mass is 10.00. The zero-order valence-electron chi connectivity index (χ0n) is 9.48. The average Bonchev–Trinajstić information content (AvgIpc) is 2.38. The van der Waals surface area contributed by atoms with E-state index in [4.69, 9.17) is 5.11 Å². The minimum absolute atomic E-state index is 0.0920. The maximum absolute atomic E-state index is 12.9. The van der Waals surface area contributed by atoms with Gasteiger partial charge >= 0.3 is 12.1 Å². The summed E-state index contributed by atoms with van der Waals surface area (Å²) < 4.78 is 38.6. The van der Waals surface area contributed by atoms with Gasteiger partial charge in [0.15, 0.2) is 0 Å². The molecular weight excluding hydrogens is 259 g/mol. The first-order valence-corrected chi connectivity index (χ1v) is 5.24. The van der Waals surface area contributed by atoms with E-state index in [-0.39, 0.29) is 16.7 Å². The van der Waals surface area contributed by atoms with Gasteiger partial charge in [0.1, 0.15) is 0 Å². The Morgan fingerprint density at radius 3 is 2.47 bits per heavy atom. The number of halogens is 3. The van der Waals surface area contributed by atoms with E-state index in [1.54, 1.807) is 0 Å². The van der Waals surface area contributed by atoms with Gasteiger partial charge in [0, 0.05) is 18.0 Å². The van der Waals surface area contributed by atoms with Crippen molar-refractivity contribution in [3.8, 4) is 11.1 Å². The molecule has 0 spiro atoms. The quantitative estimate of drug-likeness (QED) is 0.906. The molecule has 0 bridgehead atoms. The summed E-state index contributed by atoms with van der Waals surface area (Å²) in [5.41, 5.74) is -0.952. The van der Waals surface area contributed by atoms with Crippen LogP contribution < -0.4 is 0 Å². The fraction of sp³-hybridized carbons (Fsp3) is 0.0769. The van der Waals surface area contributed by atoms with Crippen molar-refractivity contribution in [2.24, 2.45) is 0 Å². The number of alkyl halides is 3. The second-order valence-corrected chi connectivity index (χ2v) is 3.81. The molecule has 2 aromatic rings. The molecule has 0 amide bonds. The first-order chi connectivity index (χ1) is 8.89. The van der Waals surface area contributed by atoms with E-state index in [2.05, 4.69) is 4.98 Å². The molecule has 19 heavy (non-hydrogen) atoms. The number of hydrogen-bond donors (Lipinski definition) is 1. The first-order valence-electron chi connectivity index (χ1n) is 5.24. The molecule has 1 aromatic heterocycles. The third-order valence-corrected chi connectivity index (χ3v) is 2.53. The third kappa shape index (κ3) is 2.73. The van der Waals surface area contributed by atoms with Crippen molar-refractivity contribution in [1.29, 1.82) is 0 Å². The highest BCUT2D eigenvalue weighted by atomic mass is 19.4. The van der Waals surface area contributed by atoms with Crippen LogP contribution in [0.4, 0.5) is 13.2 Å². The Morgan fingerprint density at radius 2 is 1.84 bits per heavy atom. The van der Waals surface area contributed by atoms with E-state index in [1.165, 1.54) is 30.5 Å². The summed E-state index contributed by atoms with van der Waals surface area (Å²) in [7, 11) is 0. The van der Waals surface area contributed by atoms with Crippen molar-refractivity contribution < 1.29 is 23.1 Å². The molecule has 1 N–H and O–H groups in total. The minimum atomic E-state index is -4.50. The highest BCUT2D eigenvalue weighted by Crippen LogP contribution is 2.36. The standard InChI is InChI=1S/C13H8F3NO2/c14-13(15,16)11-4-2-1-3-10(11)8-5-9(12(18)19)7-17-6-8/h1-7H,(H,18,19). The van der Waals surface area contributed by atoms with E-state index in [9.17, 15) is 18.0 Å². The van der Waals surface area contributed by atoms with Crippen LogP contribution in [0.25, 0.3) is 11.1 Å². The Kier molecular flexibility index (Phi) is 3.25. The maximum Gasteiger partial charge on any atom is 0.417 e. The SMILES string of the molecule is O=C(O)c1cncc(-c2ccccc2C(F)(F)F)c1. The predicted octanol–water partition coefficient (Wildman–Crippen LogP) is 3.47. The predicted molar refractivity (Wildman–Crippen MR) is 61.6 cm³/mol. The molecule has 0 aliphatic carbocycles. The number of nitrogens with zero attached hydrogens (tertiary/aromatic N) is 1. The molecule has 0 aliphatic rings. The highest BCUT2D eigenvalue weighted by Gasteiger charge is 2.33. The zero-order chi connectivity index (χ0) is 14.0. The number of aromatic carboxylic acids is 1. The number of carboxylic acid groups (broad SMARTS) is 1. The number of pyridine rings is 1. The van der Waals surface area contributed by atoms with Crippen LogP contribution in [0.2, 0.25) is 0 Å². The molecule has 0 unspecified atom stereocenters. The van der Waals surface area contributed by atoms with Crippen LogP contribution in [-0.4, -0.2) is 16.1 Å². The summed E-state index contributed by atoms with van der Waals surface area (Å²) in [6, 6.07) is 6.13. The molecule has 2 rings (SSSR count).